The van der Waals surface area contributed by atoms with E-state index in [9.17, 15) is 19.4 Å². The zero-order valence-electron chi connectivity index (χ0n) is 40.7. The molecular formula is C51H103N2O6P. The van der Waals surface area contributed by atoms with Crippen LogP contribution in [-0.4, -0.2) is 68.5 Å². The number of rotatable bonds is 48. The number of quaternary nitrogens is 1. The van der Waals surface area contributed by atoms with Gasteiger partial charge in [0.25, 0.3) is 7.82 Å². The van der Waals surface area contributed by atoms with E-state index in [1.54, 1.807) is 0 Å². The molecule has 2 N–H and O–H groups in total. The van der Waals surface area contributed by atoms with E-state index in [1.807, 2.05) is 21.1 Å². The van der Waals surface area contributed by atoms with E-state index in [0.717, 1.165) is 38.5 Å². The molecule has 0 aromatic rings. The molecule has 60 heavy (non-hydrogen) atoms. The van der Waals surface area contributed by atoms with Gasteiger partial charge >= 0.3 is 0 Å². The molecule has 0 aromatic heterocycles. The second-order valence-corrected chi connectivity index (χ2v) is 20.6. The first-order valence-corrected chi connectivity index (χ1v) is 27.5. The van der Waals surface area contributed by atoms with Crippen molar-refractivity contribution >= 4 is 13.7 Å². The predicted molar refractivity (Wildman–Crippen MR) is 256 cm³/mol. The van der Waals surface area contributed by atoms with Gasteiger partial charge in [-0.2, -0.15) is 0 Å². The first-order valence-electron chi connectivity index (χ1n) is 26.0. The number of carbonyl (C=O) groups excluding carboxylic acids is 1. The number of phosphoric ester groups is 1. The highest BCUT2D eigenvalue weighted by Crippen LogP contribution is 2.38. The highest BCUT2D eigenvalue weighted by molar-refractivity contribution is 7.45. The molecule has 9 heteroatoms. The molecule has 1 unspecified atom stereocenters. The second kappa shape index (κ2) is 43.5. The molecule has 0 saturated heterocycles. The molecule has 0 aliphatic rings. The van der Waals surface area contributed by atoms with Crippen LogP contribution in [0, 0.1) is 0 Å². The summed E-state index contributed by atoms with van der Waals surface area (Å²) in [5.41, 5.74) is 0. The van der Waals surface area contributed by atoms with Gasteiger partial charge in [-0.15, -0.1) is 0 Å². The summed E-state index contributed by atoms with van der Waals surface area (Å²) in [6.45, 7) is 4.75. The second-order valence-electron chi connectivity index (χ2n) is 19.2. The average Bonchev–Trinajstić information content (AvgIpc) is 3.20. The van der Waals surface area contributed by atoms with Gasteiger partial charge in [0.05, 0.1) is 39.9 Å². The Morgan fingerprint density at radius 2 is 0.917 bits per heavy atom. The highest BCUT2D eigenvalue weighted by atomic mass is 31.2. The Bertz CT molecular complexity index is 989. The fourth-order valence-corrected chi connectivity index (χ4v) is 8.58. The molecule has 0 bridgehead atoms. The van der Waals surface area contributed by atoms with Gasteiger partial charge in [0.15, 0.2) is 0 Å². The van der Waals surface area contributed by atoms with Crippen molar-refractivity contribution in [1.29, 1.82) is 0 Å². The number of carbonyl (C=O) groups is 1. The Hall–Kier alpha value is -0.760. The van der Waals surface area contributed by atoms with Gasteiger partial charge in [-0.05, 0) is 38.5 Å². The zero-order valence-corrected chi connectivity index (χ0v) is 41.6. The van der Waals surface area contributed by atoms with Gasteiger partial charge < -0.3 is 28.8 Å². The van der Waals surface area contributed by atoms with Crippen molar-refractivity contribution in [2.75, 3.05) is 40.9 Å². The lowest BCUT2D eigenvalue weighted by atomic mass is 10.0. The standard InChI is InChI=1S/C51H103N2O6P/c1-6-8-10-12-14-16-18-20-22-24-25-26-27-29-31-33-35-37-39-41-43-45-51(55)52-49(48-59-60(56,57)58-47-46-53(3,4)5)50(54)44-42-40-38-36-34-32-30-28-23-21-19-17-15-13-11-9-7-2/h20,22,49-50,54H,6-19,21,23-48H2,1-5H3,(H-,52,55,56,57)/b22-20+/t49-,50+/m0/s1. The van der Waals surface area contributed by atoms with E-state index in [-0.39, 0.29) is 19.1 Å². The normalized spacial score (nSPS) is 14.2. The van der Waals surface area contributed by atoms with Crippen LogP contribution in [0.5, 0.6) is 0 Å². The first kappa shape index (κ1) is 59.2. The molecule has 8 nitrogen and oxygen atoms in total. The summed E-state index contributed by atoms with van der Waals surface area (Å²) in [5, 5.41) is 14.0. The Morgan fingerprint density at radius 3 is 1.30 bits per heavy atom. The summed E-state index contributed by atoms with van der Waals surface area (Å²) in [4.78, 5) is 25.4. The third kappa shape index (κ3) is 45.3. The summed E-state index contributed by atoms with van der Waals surface area (Å²) >= 11 is 0. The van der Waals surface area contributed by atoms with E-state index in [4.69, 9.17) is 9.05 Å². The number of amides is 1. The van der Waals surface area contributed by atoms with Crippen molar-refractivity contribution in [2.24, 2.45) is 0 Å². The molecular weight excluding hydrogens is 768 g/mol. The Balaban J connectivity index is 4.22. The topological polar surface area (TPSA) is 108 Å². The number of phosphoric acid groups is 1. The van der Waals surface area contributed by atoms with Crippen LogP contribution in [0.4, 0.5) is 0 Å². The first-order chi connectivity index (χ1) is 29.0. The highest BCUT2D eigenvalue weighted by Gasteiger charge is 2.24. The molecule has 0 rings (SSSR count). The summed E-state index contributed by atoms with van der Waals surface area (Å²) in [6, 6.07) is -0.797. The Morgan fingerprint density at radius 1 is 0.567 bits per heavy atom. The molecule has 0 fully saturated rings. The van der Waals surface area contributed by atoms with Crippen LogP contribution in [-0.2, 0) is 18.4 Å². The number of nitrogens with one attached hydrogen (secondary N) is 1. The van der Waals surface area contributed by atoms with Crippen molar-refractivity contribution < 1.29 is 32.9 Å². The third-order valence-corrected chi connectivity index (χ3v) is 13.0. The fourth-order valence-electron chi connectivity index (χ4n) is 7.86. The van der Waals surface area contributed by atoms with Gasteiger partial charge in [0.2, 0.25) is 5.91 Å². The monoisotopic (exact) mass is 871 g/mol. The summed E-state index contributed by atoms with van der Waals surface area (Å²) in [5.74, 6) is -0.162. The van der Waals surface area contributed by atoms with Crippen molar-refractivity contribution in [3.8, 4) is 0 Å². The maximum absolute atomic E-state index is 12.9. The smallest absolute Gasteiger partial charge is 0.268 e. The maximum atomic E-state index is 12.9. The molecule has 0 saturated carbocycles. The summed E-state index contributed by atoms with van der Waals surface area (Å²) < 4.78 is 23.4. The molecule has 0 heterocycles. The van der Waals surface area contributed by atoms with E-state index in [1.165, 1.54) is 193 Å². The van der Waals surface area contributed by atoms with Crippen LogP contribution in [0.2, 0.25) is 0 Å². The van der Waals surface area contributed by atoms with Crippen LogP contribution in [0.25, 0.3) is 0 Å². The number of aliphatic hydroxyl groups is 1. The molecule has 358 valence electrons. The zero-order chi connectivity index (χ0) is 44.3. The molecule has 0 spiro atoms. The number of hydrogen-bond donors (Lipinski definition) is 2. The molecule has 0 aliphatic carbocycles. The van der Waals surface area contributed by atoms with E-state index < -0.39 is 20.0 Å². The molecule has 1 amide bonds. The summed E-state index contributed by atoms with van der Waals surface area (Å²) in [7, 11) is 1.32. The largest absolute Gasteiger partial charge is 0.756 e. The molecule has 0 radical (unpaired) electrons. The van der Waals surface area contributed by atoms with E-state index in [2.05, 4.69) is 31.3 Å². The van der Waals surface area contributed by atoms with Gasteiger partial charge in [-0.1, -0.05) is 225 Å². The summed E-state index contributed by atoms with van der Waals surface area (Å²) in [6.07, 6.45) is 50.7. The Kier molecular flexibility index (Phi) is 42.9. The molecule has 0 aliphatic heterocycles. The number of hydrogen-bond acceptors (Lipinski definition) is 6. The fraction of sp³-hybridized carbons (Fsp3) is 0.941. The van der Waals surface area contributed by atoms with E-state index in [0.29, 0.717) is 23.9 Å². The van der Waals surface area contributed by atoms with Crippen molar-refractivity contribution in [3.05, 3.63) is 12.2 Å². The quantitative estimate of drug-likeness (QED) is 0.0273. The maximum Gasteiger partial charge on any atom is 0.268 e. The average molecular weight is 871 g/mol. The number of aliphatic hydroxyl groups excluding tert-OH is 1. The van der Waals surface area contributed by atoms with Gasteiger partial charge in [-0.25, -0.2) is 0 Å². The minimum Gasteiger partial charge on any atom is -0.756 e. The lowest BCUT2D eigenvalue weighted by molar-refractivity contribution is -0.870. The minimum atomic E-state index is -4.56. The van der Waals surface area contributed by atoms with Gasteiger partial charge in [-0.3, -0.25) is 9.36 Å². The van der Waals surface area contributed by atoms with Crippen molar-refractivity contribution in [1.82, 2.24) is 5.32 Å². The van der Waals surface area contributed by atoms with Crippen molar-refractivity contribution in [2.45, 2.75) is 270 Å². The van der Waals surface area contributed by atoms with Crippen LogP contribution >= 0.6 is 7.82 Å². The lowest BCUT2D eigenvalue weighted by Gasteiger charge is -2.30. The molecule has 0 aromatic carbocycles. The van der Waals surface area contributed by atoms with E-state index >= 15 is 0 Å². The number of likely N-dealkylation sites (N-methyl/N-ethyl adjacent to an activating group) is 1. The number of allylic oxidation sites excluding steroid dienone is 2. The number of nitrogens with zero attached hydrogens (tertiary/aromatic N) is 1. The lowest BCUT2D eigenvalue weighted by Crippen LogP contribution is -2.46. The van der Waals surface area contributed by atoms with Crippen molar-refractivity contribution in [3.63, 3.8) is 0 Å². The van der Waals surface area contributed by atoms with Crippen LogP contribution in [0.3, 0.4) is 0 Å². The molecule has 3 atom stereocenters. The van der Waals surface area contributed by atoms with Gasteiger partial charge in [0.1, 0.15) is 13.2 Å². The van der Waals surface area contributed by atoms with Crippen LogP contribution in [0.1, 0.15) is 258 Å². The SMILES string of the molecule is CCCCCCCC/C=C/CCCCCCCCCCCCCC(=O)N[C@@H](COP(=O)([O-])OCC[N+](C)(C)C)[C@H](O)CCCCCCCCCCCCCCCCCCC. The Labute approximate surface area is 373 Å². The third-order valence-electron chi connectivity index (χ3n) is 12.0. The minimum absolute atomic E-state index is 0.0145. The van der Waals surface area contributed by atoms with Gasteiger partial charge in [0, 0.05) is 6.42 Å². The van der Waals surface area contributed by atoms with Crippen LogP contribution < -0.4 is 10.2 Å². The number of unbranched alkanes of at least 4 members (excludes halogenated alkanes) is 33. The predicted octanol–water partition coefficient (Wildman–Crippen LogP) is 14.5. The van der Waals surface area contributed by atoms with Crippen LogP contribution in [0.15, 0.2) is 12.2 Å².